The van der Waals surface area contributed by atoms with Gasteiger partial charge in [-0.05, 0) is 19.3 Å². The zero-order valence-electron chi connectivity index (χ0n) is 14.0. The minimum Gasteiger partial charge on any atom is -0.343 e. The highest BCUT2D eigenvalue weighted by Crippen LogP contribution is 2.16. The third kappa shape index (κ3) is 4.02. The molecule has 8 heteroatoms. The first-order valence-corrected chi connectivity index (χ1v) is 8.35. The van der Waals surface area contributed by atoms with E-state index in [9.17, 15) is 9.59 Å². The summed E-state index contributed by atoms with van der Waals surface area (Å²) in [4.78, 5) is 26.1. The Morgan fingerprint density at radius 3 is 2.65 bits per heavy atom. The smallest absolute Gasteiger partial charge is 0.245 e. The Balaban J connectivity index is 2.05. The first kappa shape index (κ1) is 17.7. The maximum absolute atomic E-state index is 12.7. The lowest BCUT2D eigenvalue weighted by Crippen LogP contribution is -2.51. The van der Waals surface area contributed by atoms with E-state index in [4.69, 9.17) is 11.6 Å². The third-order valence-electron chi connectivity index (χ3n) is 4.03. The first-order chi connectivity index (χ1) is 10.8. The highest BCUT2D eigenvalue weighted by molar-refractivity contribution is 6.30. The van der Waals surface area contributed by atoms with Crippen LogP contribution in [-0.4, -0.2) is 49.9 Å². The van der Waals surface area contributed by atoms with Crippen LogP contribution in [-0.2, 0) is 29.1 Å². The van der Waals surface area contributed by atoms with Crippen molar-refractivity contribution in [1.29, 1.82) is 0 Å². The van der Waals surface area contributed by atoms with Crippen LogP contribution in [0.1, 0.15) is 38.8 Å². The predicted molar refractivity (Wildman–Crippen MR) is 86.9 cm³/mol. The van der Waals surface area contributed by atoms with Gasteiger partial charge in [0, 0.05) is 20.0 Å². The van der Waals surface area contributed by atoms with Gasteiger partial charge in [-0.15, -0.1) is 21.8 Å². The van der Waals surface area contributed by atoms with Gasteiger partial charge in [-0.1, -0.05) is 13.8 Å². The van der Waals surface area contributed by atoms with Gasteiger partial charge in [-0.3, -0.25) is 9.59 Å². The molecule has 23 heavy (non-hydrogen) atoms. The fraction of sp³-hybridized carbons (Fsp3) is 0.733. The molecule has 1 N–H and O–H groups in total. The summed E-state index contributed by atoms with van der Waals surface area (Å²) >= 11 is 5.78. The topological polar surface area (TPSA) is 80.1 Å². The van der Waals surface area contributed by atoms with Crippen LogP contribution in [0, 0.1) is 5.92 Å². The molecule has 0 fully saturated rings. The molecule has 1 aromatic heterocycles. The van der Waals surface area contributed by atoms with Crippen LogP contribution < -0.4 is 5.32 Å². The Morgan fingerprint density at radius 1 is 1.35 bits per heavy atom. The van der Waals surface area contributed by atoms with Crippen LogP contribution in [0.5, 0.6) is 0 Å². The molecule has 2 atom stereocenters. The predicted octanol–water partition coefficient (Wildman–Crippen LogP) is 0.951. The van der Waals surface area contributed by atoms with Gasteiger partial charge in [0.05, 0.1) is 6.54 Å². The van der Waals surface area contributed by atoms with Crippen LogP contribution in [0.4, 0.5) is 0 Å². The van der Waals surface area contributed by atoms with E-state index in [0.717, 1.165) is 31.0 Å². The van der Waals surface area contributed by atoms with Crippen molar-refractivity contribution in [2.75, 3.05) is 7.05 Å². The summed E-state index contributed by atoms with van der Waals surface area (Å²) in [6.45, 7) is 6.64. The quantitative estimate of drug-likeness (QED) is 0.781. The summed E-state index contributed by atoms with van der Waals surface area (Å²) in [5.74, 6) is 1.24. The number of alkyl halides is 1. The van der Waals surface area contributed by atoms with Crippen LogP contribution in [0.3, 0.4) is 0 Å². The molecule has 0 aliphatic carbocycles. The molecule has 0 aromatic carbocycles. The van der Waals surface area contributed by atoms with Crippen molar-refractivity contribution in [1.82, 2.24) is 25.0 Å². The average molecular weight is 342 g/mol. The second-order valence-electron chi connectivity index (χ2n) is 6.33. The number of nitrogens with zero attached hydrogens (tertiary/aromatic N) is 4. The second-order valence-corrected chi connectivity index (χ2v) is 6.98. The molecule has 1 aromatic rings. The van der Waals surface area contributed by atoms with Crippen molar-refractivity contribution >= 4 is 23.4 Å². The number of rotatable bonds is 6. The lowest BCUT2D eigenvalue weighted by atomic mass is 10.0. The molecule has 0 bridgehead atoms. The zero-order valence-corrected chi connectivity index (χ0v) is 14.8. The SMILES string of the molecule is CC(Cl)C(=O)NC(C(=O)N(C)Cc1nnc2n1CCC2)C(C)C. The Labute approximate surface area is 141 Å². The number of carbonyl (C=O) groups excluding carboxylic acids is 2. The van der Waals surface area contributed by atoms with Crippen LogP contribution in [0.25, 0.3) is 0 Å². The fourth-order valence-electron chi connectivity index (χ4n) is 2.64. The molecule has 1 aliphatic rings. The Kier molecular flexibility index (Phi) is 5.62. The van der Waals surface area contributed by atoms with Gasteiger partial charge in [0.15, 0.2) is 5.82 Å². The third-order valence-corrected chi connectivity index (χ3v) is 4.23. The molecule has 0 saturated heterocycles. The van der Waals surface area contributed by atoms with Crippen molar-refractivity contribution in [3.05, 3.63) is 11.6 Å². The maximum Gasteiger partial charge on any atom is 0.245 e. The lowest BCUT2D eigenvalue weighted by molar-refractivity contribution is -0.137. The number of hydrogen-bond acceptors (Lipinski definition) is 4. The van der Waals surface area contributed by atoms with E-state index < -0.39 is 11.4 Å². The van der Waals surface area contributed by atoms with Crippen molar-refractivity contribution < 1.29 is 9.59 Å². The Morgan fingerprint density at radius 2 is 2.04 bits per heavy atom. The minimum absolute atomic E-state index is 0.0339. The number of nitrogens with one attached hydrogen (secondary N) is 1. The van der Waals surface area contributed by atoms with E-state index in [-0.39, 0.29) is 17.7 Å². The summed E-state index contributed by atoms with van der Waals surface area (Å²) in [6, 6.07) is -0.602. The zero-order chi connectivity index (χ0) is 17.1. The number of carbonyl (C=O) groups is 2. The highest BCUT2D eigenvalue weighted by Gasteiger charge is 2.29. The monoisotopic (exact) mass is 341 g/mol. The van der Waals surface area contributed by atoms with Gasteiger partial charge in [0.25, 0.3) is 0 Å². The Hall–Kier alpha value is -1.63. The molecule has 128 valence electrons. The van der Waals surface area contributed by atoms with E-state index in [1.54, 1.807) is 18.9 Å². The molecule has 2 unspecified atom stereocenters. The summed E-state index contributed by atoms with van der Waals surface area (Å²) < 4.78 is 2.06. The minimum atomic E-state index is -0.672. The summed E-state index contributed by atoms with van der Waals surface area (Å²) in [5, 5.41) is 10.4. The lowest BCUT2D eigenvalue weighted by Gasteiger charge is -2.27. The van der Waals surface area contributed by atoms with Gasteiger partial charge >= 0.3 is 0 Å². The van der Waals surface area contributed by atoms with Crippen molar-refractivity contribution in [2.45, 2.75) is 58.1 Å². The number of likely N-dealkylation sites (N-methyl/N-ethyl adjacent to an activating group) is 1. The molecule has 2 amide bonds. The molecule has 0 spiro atoms. The maximum atomic E-state index is 12.7. The van der Waals surface area contributed by atoms with Crippen molar-refractivity contribution in [3.8, 4) is 0 Å². The van der Waals surface area contributed by atoms with Crippen LogP contribution >= 0.6 is 11.6 Å². The van der Waals surface area contributed by atoms with E-state index >= 15 is 0 Å². The largest absolute Gasteiger partial charge is 0.343 e. The van der Waals surface area contributed by atoms with E-state index in [0.29, 0.717) is 6.54 Å². The van der Waals surface area contributed by atoms with Gasteiger partial charge in [0.1, 0.15) is 17.2 Å². The van der Waals surface area contributed by atoms with Crippen LogP contribution in [0.2, 0.25) is 0 Å². The first-order valence-electron chi connectivity index (χ1n) is 7.91. The number of halogens is 1. The van der Waals surface area contributed by atoms with Gasteiger partial charge in [-0.2, -0.15) is 0 Å². The van der Waals surface area contributed by atoms with Crippen molar-refractivity contribution in [2.24, 2.45) is 5.92 Å². The van der Waals surface area contributed by atoms with E-state index in [2.05, 4.69) is 20.1 Å². The number of fused-ring (bicyclic) bond motifs is 1. The second kappa shape index (κ2) is 7.29. The number of aromatic nitrogens is 3. The molecule has 2 rings (SSSR count). The average Bonchev–Trinajstić information content (AvgIpc) is 3.08. The summed E-state index contributed by atoms with van der Waals surface area (Å²) in [7, 11) is 1.71. The summed E-state index contributed by atoms with van der Waals surface area (Å²) in [6.07, 6.45) is 2.00. The van der Waals surface area contributed by atoms with Crippen LogP contribution in [0.15, 0.2) is 0 Å². The van der Waals surface area contributed by atoms with E-state index in [1.165, 1.54) is 0 Å². The normalized spacial score (nSPS) is 16.1. The number of aryl methyl sites for hydroxylation is 1. The van der Waals surface area contributed by atoms with Gasteiger partial charge in [-0.25, -0.2) is 0 Å². The van der Waals surface area contributed by atoms with Crippen molar-refractivity contribution in [3.63, 3.8) is 0 Å². The summed E-state index contributed by atoms with van der Waals surface area (Å²) in [5.41, 5.74) is 0. The molecule has 2 heterocycles. The molecule has 7 nitrogen and oxygen atoms in total. The van der Waals surface area contributed by atoms with E-state index in [1.807, 2.05) is 13.8 Å². The molecule has 0 radical (unpaired) electrons. The highest BCUT2D eigenvalue weighted by atomic mass is 35.5. The number of amides is 2. The molecular weight excluding hydrogens is 318 g/mol. The van der Waals surface area contributed by atoms with Gasteiger partial charge in [0.2, 0.25) is 11.8 Å². The number of hydrogen-bond donors (Lipinski definition) is 1. The Bertz CT molecular complexity index is 584. The molecular formula is C15H24ClN5O2. The molecule has 0 saturated carbocycles. The fourth-order valence-corrected chi connectivity index (χ4v) is 2.70. The molecule has 1 aliphatic heterocycles. The van der Waals surface area contributed by atoms with Gasteiger partial charge < -0.3 is 14.8 Å². The standard InChI is InChI=1S/C15H24ClN5O2/c1-9(2)13(17-14(22)10(3)16)15(23)20(4)8-12-19-18-11-6-5-7-21(11)12/h9-10,13H,5-8H2,1-4H3,(H,17,22).